The number of benzene rings is 1. The van der Waals surface area contributed by atoms with E-state index in [1.54, 1.807) is 33.3 Å². The van der Waals surface area contributed by atoms with Crippen LogP contribution in [0.5, 0.6) is 0 Å². The molecule has 1 aromatic carbocycles. The second-order valence-corrected chi connectivity index (χ2v) is 9.46. The third kappa shape index (κ3) is 5.93. The van der Waals surface area contributed by atoms with Gasteiger partial charge in [0.2, 0.25) is 10.0 Å². The highest BCUT2D eigenvalue weighted by Crippen LogP contribution is 2.19. The first-order valence-electron chi connectivity index (χ1n) is 10.1. The highest BCUT2D eigenvalue weighted by atomic mass is 32.2. The maximum absolute atomic E-state index is 12.5. The van der Waals surface area contributed by atoms with Gasteiger partial charge >= 0.3 is 0 Å². The van der Waals surface area contributed by atoms with Crippen LogP contribution in [0.2, 0.25) is 0 Å². The molecule has 8 heteroatoms. The van der Waals surface area contributed by atoms with Crippen LogP contribution < -0.4 is 10.6 Å². The summed E-state index contributed by atoms with van der Waals surface area (Å²) in [6.07, 6.45) is 5.10. The zero-order valence-electron chi connectivity index (χ0n) is 17.6. The molecule has 1 fully saturated rings. The summed E-state index contributed by atoms with van der Waals surface area (Å²) in [7, 11) is 1.35. The SMILES string of the molecule is CCC1CCCCN1CCNC(=NC)NCc1ccccc1S(=O)(=O)N(C)C. The summed E-state index contributed by atoms with van der Waals surface area (Å²) in [6, 6.07) is 7.76. The van der Waals surface area contributed by atoms with Crippen LogP contribution in [0.3, 0.4) is 0 Å². The van der Waals surface area contributed by atoms with Gasteiger partial charge < -0.3 is 10.6 Å². The van der Waals surface area contributed by atoms with Gasteiger partial charge in [-0.25, -0.2) is 12.7 Å². The molecule has 2 rings (SSSR count). The number of nitrogens with one attached hydrogen (secondary N) is 2. The molecule has 0 radical (unpaired) electrons. The van der Waals surface area contributed by atoms with Crippen molar-refractivity contribution in [3.05, 3.63) is 29.8 Å². The molecular formula is C20H35N5O2S. The van der Waals surface area contributed by atoms with Crippen molar-refractivity contribution in [2.75, 3.05) is 40.8 Å². The highest BCUT2D eigenvalue weighted by Gasteiger charge is 2.21. The van der Waals surface area contributed by atoms with Crippen LogP contribution in [0.4, 0.5) is 0 Å². The molecule has 1 aromatic rings. The van der Waals surface area contributed by atoms with Crippen LogP contribution in [0, 0.1) is 0 Å². The van der Waals surface area contributed by atoms with Crippen molar-refractivity contribution in [3.63, 3.8) is 0 Å². The van der Waals surface area contributed by atoms with E-state index < -0.39 is 10.0 Å². The second-order valence-electron chi connectivity index (χ2n) is 7.34. The lowest BCUT2D eigenvalue weighted by molar-refractivity contribution is 0.147. The largest absolute Gasteiger partial charge is 0.355 e. The molecular weight excluding hydrogens is 374 g/mol. The fourth-order valence-electron chi connectivity index (χ4n) is 3.63. The van der Waals surface area contributed by atoms with E-state index in [0.717, 1.165) is 18.7 Å². The van der Waals surface area contributed by atoms with Crippen molar-refractivity contribution >= 4 is 16.0 Å². The Morgan fingerprint density at radius 3 is 2.68 bits per heavy atom. The molecule has 1 saturated heterocycles. The van der Waals surface area contributed by atoms with E-state index in [-0.39, 0.29) is 0 Å². The van der Waals surface area contributed by atoms with Gasteiger partial charge in [0.15, 0.2) is 5.96 Å². The van der Waals surface area contributed by atoms with Gasteiger partial charge in [0.05, 0.1) is 4.90 Å². The van der Waals surface area contributed by atoms with Crippen LogP contribution in [-0.2, 0) is 16.6 Å². The van der Waals surface area contributed by atoms with Crippen molar-refractivity contribution in [1.29, 1.82) is 0 Å². The first kappa shape index (κ1) is 22.6. The summed E-state index contributed by atoms with van der Waals surface area (Å²) in [5.74, 6) is 0.683. The van der Waals surface area contributed by atoms with Gasteiger partial charge in [0.1, 0.15) is 0 Å². The number of guanidine groups is 1. The Hall–Kier alpha value is -1.64. The zero-order valence-corrected chi connectivity index (χ0v) is 18.4. The fourth-order valence-corrected chi connectivity index (χ4v) is 4.75. The first-order chi connectivity index (χ1) is 13.4. The fraction of sp³-hybridized carbons (Fsp3) is 0.650. The monoisotopic (exact) mass is 409 g/mol. The predicted molar refractivity (Wildman–Crippen MR) is 115 cm³/mol. The topological polar surface area (TPSA) is 77.0 Å². The number of piperidine rings is 1. The number of rotatable bonds is 8. The maximum atomic E-state index is 12.5. The summed E-state index contributed by atoms with van der Waals surface area (Å²) < 4.78 is 26.3. The van der Waals surface area contributed by atoms with Gasteiger partial charge in [-0.1, -0.05) is 31.5 Å². The normalized spacial score (nSPS) is 19.0. The van der Waals surface area contributed by atoms with Crippen molar-refractivity contribution in [1.82, 2.24) is 19.8 Å². The van der Waals surface area contributed by atoms with E-state index in [1.165, 1.54) is 36.5 Å². The van der Waals surface area contributed by atoms with Crippen LogP contribution in [0.15, 0.2) is 34.2 Å². The zero-order chi connectivity index (χ0) is 20.6. The molecule has 0 aliphatic carbocycles. The Balaban J connectivity index is 1.91. The van der Waals surface area contributed by atoms with E-state index in [4.69, 9.17) is 0 Å². The molecule has 0 saturated carbocycles. The molecule has 0 bridgehead atoms. The molecule has 1 atom stereocenters. The minimum atomic E-state index is -3.48. The lowest BCUT2D eigenvalue weighted by atomic mass is 10.0. The lowest BCUT2D eigenvalue weighted by Crippen LogP contribution is -2.45. The molecule has 0 spiro atoms. The summed E-state index contributed by atoms with van der Waals surface area (Å²) in [6.45, 7) is 5.63. The van der Waals surface area contributed by atoms with Crippen LogP contribution >= 0.6 is 0 Å². The van der Waals surface area contributed by atoms with Crippen LogP contribution in [-0.4, -0.2) is 70.4 Å². The molecule has 1 aliphatic rings. The molecule has 1 aliphatic heterocycles. The van der Waals surface area contributed by atoms with Crippen LogP contribution in [0.25, 0.3) is 0 Å². The lowest BCUT2D eigenvalue weighted by Gasteiger charge is -2.35. The number of hydrogen-bond acceptors (Lipinski definition) is 4. The van der Waals surface area contributed by atoms with Crippen molar-refractivity contribution < 1.29 is 8.42 Å². The molecule has 2 N–H and O–H groups in total. The molecule has 28 heavy (non-hydrogen) atoms. The van der Waals surface area contributed by atoms with E-state index in [1.807, 2.05) is 12.1 Å². The third-order valence-electron chi connectivity index (χ3n) is 5.31. The minimum absolute atomic E-state index is 0.321. The van der Waals surface area contributed by atoms with E-state index in [9.17, 15) is 8.42 Å². The number of likely N-dealkylation sites (tertiary alicyclic amines) is 1. The van der Waals surface area contributed by atoms with Crippen LogP contribution in [0.1, 0.15) is 38.2 Å². The number of sulfonamides is 1. The number of aliphatic imine (C=N–C) groups is 1. The van der Waals surface area contributed by atoms with Gasteiger partial charge in [0.25, 0.3) is 0 Å². The quantitative estimate of drug-likeness (QED) is 0.506. The van der Waals surface area contributed by atoms with Gasteiger partial charge in [-0.3, -0.25) is 9.89 Å². The van der Waals surface area contributed by atoms with Gasteiger partial charge in [-0.15, -0.1) is 0 Å². The Labute approximate surface area is 170 Å². The Morgan fingerprint density at radius 1 is 1.25 bits per heavy atom. The first-order valence-corrected chi connectivity index (χ1v) is 11.5. The van der Waals surface area contributed by atoms with Crippen molar-refractivity contribution in [2.24, 2.45) is 4.99 Å². The van der Waals surface area contributed by atoms with Gasteiger partial charge in [-0.2, -0.15) is 0 Å². The summed E-state index contributed by atoms with van der Waals surface area (Å²) >= 11 is 0. The average Bonchev–Trinajstić information content (AvgIpc) is 2.70. The minimum Gasteiger partial charge on any atom is -0.355 e. The average molecular weight is 410 g/mol. The smallest absolute Gasteiger partial charge is 0.242 e. The molecule has 1 heterocycles. The van der Waals surface area contributed by atoms with Crippen molar-refractivity contribution in [2.45, 2.75) is 50.1 Å². The summed E-state index contributed by atoms with van der Waals surface area (Å²) in [4.78, 5) is 7.15. The highest BCUT2D eigenvalue weighted by molar-refractivity contribution is 7.89. The van der Waals surface area contributed by atoms with E-state index >= 15 is 0 Å². The molecule has 0 aromatic heterocycles. The molecule has 158 valence electrons. The maximum Gasteiger partial charge on any atom is 0.242 e. The van der Waals surface area contributed by atoms with Crippen molar-refractivity contribution in [3.8, 4) is 0 Å². The molecule has 0 amide bonds. The second kappa shape index (κ2) is 10.8. The third-order valence-corrected chi connectivity index (χ3v) is 7.23. The standard InChI is InChI=1S/C20H35N5O2S/c1-5-18-11-8-9-14-25(18)15-13-22-20(21-2)23-16-17-10-6-7-12-19(17)28(26,27)24(3)4/h6-7,10,12,18H,5,8-9,11,13-16H2,1-4H3,(H2,21,22,23). The van der Waals surface area contributed by atoms with Gasteiger partial charge in [0, 0.05) is 46.8 Å². The number of nitrogens with zero attached hydrogens (tertiary/aromatic N) is 3. The summed E-state index contributed by atoms with van der Waals surface area (Å²) in [5, 5.41) is 6.59. The van der Waals surface area contributed by atoms with E-state index in [0.29, 0.717) is 23.4 Å². The predicted octanol–water partition coefficient (Wildman–Crippen LogP) is 1.87. The Morgan fingerprint density at radius 2 is 2.00 bits per heavy atom. The summed E-state index contributed by atoms with van der Waals surface area (Å²) in [5.41, 5.74) is 0.723. The number of hydrogen-bond donors (Lipinski definition) is 2. The Bertz CT molecular complexity index is 749. The van der Waals surface area contributed by atoms with Gasteiger partial charge in [-0.05, 0) is 37.4 Å². The molecule has 7 nitrogen and oxygen atoms in total. The Kier molecular flexibility index (Phi) is 8.72. The van der Waals surface area contributed by atoms with E-state index in [2.05, 4.69) is 27.4 Å². The molecule has 1 unspecified atom stereocenters.